The lowest BCUT2D eigenvalue weighted by Gasteiger charge is -2.28. The van der Waals surface area contributed by atoms with Gasteiger partial charge in [-0.05, 0) is 53.0 Å². The van der Waals surface area contributed by atoms with Crippen molar-refractivity contribution in [3.8, 4) is 0 Å². The number of nitrogens with one attached hydrogen (secondary N) is 1. The van der Waals surface area contributed by atoms with E-state index in [1.807, 2.05) is 25.1 Å². The molecule has 3 rings (SSSR count). The predicted molar refractivity (Wildman–Crippen MR) is 98.0 cm³/mol. The molecule has 1 fully saturated rings. The van der Waals surface area contributed by atoms with Gasteiger partial charge in [-0.15, -0.1) is 0 Å². The van der Waals surface area contributed by atoms with Crippen LogP contribution in [0.1, 0.15) is 36.6 Å². The molecule has 0 aliphatic carbocycles. The van der Waals surface area contributed by atoms with Gasteiger partial charge >= 0.3 is 6.03 Å². The van der Waals surface area contributed by atoms with Crippen molar-refractivity contribution < 1.29 is 9.53 Å². The molecule has 1 aliphatic heterocycles. The molecule has 0 unspecified atom stereocenters. The number of rotatable bonds is 4. The highest BCUT2D eigenvalue weighted by molar-refractivity contribution is 9.10. The molecule has 1 saturated heterocycles. The van der Waals surface area contributed by atoms with Crippen molar-refractivity contribution in [1.29, 1.82) is 0 Å². The quantitative estimate of drug-likeness (QED) is 0.846. The van der Waals surface area contributed by atoms with Gasteiger partial charge in [0.2, 0.25) is 0 Å². The van der Waals surface area contributed by atoms with Crippen LogP contribution in [-0.4, -0.2) is 40.6 Å². The van der Waals surface area contributed by atoms with Crippen molar-refractivity contribution in [1.82, 2.24) is 20.2 Å². The minimum absolute atomic E-state index is 0.0451. The number of nitrogens with zero attached hydrogens (tertiary/aromatic N) is 3. The molecule has 7 heteroatoms. The number of carbonyl (C=O) groups is 1. The van der Waals surface area contributed by atoms with Crippen molar-refractivity contribution in [3.63, 3.8) is 0 Å². The summed E-state index contributed by atoms with van der Waals surface area (Å²) in [6, 6.07) is 5.58. The van der Waals surface area contributed by atoms with Gasteiger partial charge in [0, 0.05) is 48.5 Å². The fourth-order valence-corrected chi connectivity index (χ4v) is 3.33. The van der Waals surface area contributed by atoms with Crippen molar-refractivity contribution in [3.05, 3.63) is 58.6 Å². The zero-order chi connectivity index (χ0) is 17.8. The Morgan fingerprint density at radius 3 is 2.84 bits per heavy atom. The summed E-state index contributed by atoms with van der Waals surface area (Å²) in [6.45, 7) is 2.61. The summed E-state index contributed by atoms with van der Waals surface area (Å²) in [6.07, 6.45) is 7.58. The second-order valence-corrected chi connectivity index (χ2v) is 7.06. The smallest absolute Gasteiger partial charge is 0.317 e. The van der Waals surface area contributed by atoms with Gasteiger partial charge in [0.1, 0.15) is 6.10 Å². The van der Waals surface area contributed by atoms with Gasteiger partial charge in [0.05, 0.1) is 12.1 Å². The third-order valence-electron chi connectivity index (χ3n) is 4.54. The lowest BCUT2D eigenvalue weighted by atomic mass is 10.0. The first-order valence-corrected chi connectivity index (χ1v) is 9.01. The summed E-state index contributed by atoms with van der Waals surface area (Å²) >= 11 is 3.43. The third kappa shape index (κ3) is 4.16. The average molecular weight is 405 g/mol. The van der Waals surface area contributed by atoms with E-state index in [4.69, 9.17) is 4.74 Å². The van der Waals surface area contributed by atoms with Crippen LogP contribution >= 0.6 is 15.9 Å². The van der Waals surface area contributed by atoms with Gasteiger partial charge in [0.25, 0.3) is 0 Å². The van der Waals surface area contributed by atoms with E-state index in [-0.39, 0.29) is 24.2 Å². The molecule has 0 saturated carbocycles. The van der Waals surface area contributed by atoms with Crippen LogP contribution in [0.3, 0.4) is 0 Å². The Bertz CT molecular complexity index is 728. The SMILES string of the molecule is C[C@@H](c1ccncc1)N(C)C(=O)N[C@H]1CCO[C@@H]1c1cncc(Br)c1. The number of amides is 2. The number of aromatic nitrogens is 2. The van der Waals surface area contributed by atoms with E-state index >= 15 is 0 Å². The molecule has 3 heterocycles. The monoisotopic (exact) mass is 404 g/mol. The lowest BCUT2D eigenvalue weighted by molar-refractivity contribution is 0.0975. The molecule has 0 radical (unpaired) electrons. The van der Waals surface area contributed by atoms with Crippen LogP contribution in [0.15, 0.2) is 47.5 Å². The summed E-state index contributed by atoms with van der Waals surface area (Å²) in [5.41, 5.74) is 2.00. The van der Waals surface area contributed by atoms with Gasteiger partial charge in [-0.2, -0.15) is 0 Å². The van der Waals surface area contributed by atoms with Gasteiger partial charge < -0.3 is 15.0 Å². The minimum Gasteiger partial charge on any atom is -0.371 e. The Hall–Kier alpha value is -1.99. The molecule has 3 atom stereocenters. The fourth-order valence-electron chi connectivity index (χ4n) is 2.95. The molecule has 0 spiro atoms. The predicted octanol–water partition coefficient (Wildman–Crippen LogP) is 3.47. The maximum absolute atomic E-state index is 12.7. The second kappa shape index (κ2) is 7.93. The van der Waals surface area contributed by atoms with Crippen LogP contribution in [0.25, 0.3) is 0 Å². The molecule has 0 bridgehead atoms. The molecule has 1 N–H and O–H groups in total. The first-order valence-electron chi connectivity index (χ1n) is 8.21. The molecule has 0 aromatic carbocycles. The van der Waals surface area contributed by atoms with Crippen LogP contribution in [0.2, 0.25) is 0 Å². The van der Waals surface area contributed by atoms with Gasteiger partial charge in [-0.3, -0.25) is 9.97 Å². The van der Waals surface area contributed by atoms with Crippen LogP contribution < -0.4 is 5.32 Å². The molecule has 1 aliphatic rings. The Labute approximate surface area is 155 Å². The van der Waals surface area contributed by atoms with Crippen molar-refractivity contribution in [2.45, 2.75) is 31.5 Å². The molecule has 2 aromatic heterocycles. The van der Waals surface area contributed by atoms with Crippen LogP contribution in [0, 0.1) is 0 Å². The van der Waals surface area contributed by atoms with E-state index in [0.29, 0.717) is 6.61 Å². The van der Waals surface area contributed by atoms with E-state index < -0.39 is 0 Å². The summed E-state index contributed by atoms with van der Waals surface area (Å²) < 4.78 is 6.73. The number of hydrogen-bond donors (Lipinski definition) is 1. The van der Waals surface area contributed by atoms with E-state index in [9.17, 15) is 4.79 Å². The molecule has 132 valence electrons. The van der Waals surface area contributed by atoms with Gasteiger partial charge in [-0.25, -0.2) is 4.79 Å². The summed E-state index contributed by atoms with van der Waals surface area (Å²) in [5.74, 6) is 0. The average Bonchev–Trinajstić information content (AvgIpc) is 3.09. The largest absolute Gasteiger partial charge is 0.371 e. The zero-order valence-corrected chi connectivity index (χ0v) is 15.8. The maximum atomic E-state index is 12.7. The Kier molecular flexibility index (Phi) is 5.65. The van der Waals surface area contributed by atoms with Gasteiger partial charge in [0.15, 0.2) is 0 Å². The first kappa shape index (κ1) is 17.8. The van der Waals surface area contributed by atoms with Gasteiger partial charge in [-0.1, -0.05) is 0 Å². The topological polar surface area (TPSA) is 67.4 Å². The first-order chi connectivity index (χ1) is 12.1. The molecule has 2 aromatic rings. The Balaban J connectivity index is 1.67. The van der Waals surface area contributed by atoms with E-state index in [2.05, 4.69) is 31.2 Å². The minimum atomic E-state index is -0.182. The number of halogens is 1. The standard InChI is InChI=1S/C18H21BrN4O2/c1-12(13-3-6-20-7-4-13)23(2)18(24)22-16-5-8-25-17(16)14-9-15(19)11-21-10-14/h3-4,6-7,9-12,16-17H,5,8H2,1-2H3,(H,22,24)/t12-,16-,17+/m0/s1. The van der Waals surface area contributed by atoms with E-state index in [1.165, 1.54) is 0 Å². The van der Waals surface area contributed by atoms with E-state index in [1.54, 1.807) is 36.7 Å². The van der Waals surface area contributed by atoms with Crippen LogP contribution in [0.5, 0.6) is 0 Å². The zero-order valence-electron chi connectivity index (χ0n) is 14.2. The van der Waals surface area contributed by atoms with Crippen LogP contribution in [0.4, 0.5) is 4.79 Å². The molecular weight excluding hydrogens is 384 g/mol. The summed E-state index contributed by atoms with van der Waals surface area (Å²) in [4.78, 5) is 22.6. The van der Waals surface area contributed by atoms with Crippen molar-refractivity contribution in [2.24, 2.45) is 0 Å². The highest BCUT2D eigenvalue weighted by atomic mass is 79.9. The highest BCUT2D eigenvalue weighted by Gasteiger charge is 2.32. The lowest BCUT2D eigenvalue weighted by Crippen LogP contribution is -2.45. The van der Waals surface area contributed by atoms with Crippen molar-refractivity contribution in [2.75, 3.05) is 13.7 Å². The summed E-state index contributed by atoms with van der Waals surface area (Å²) in [7, 11) is 1.80. The Morgan fingerprint density at radius 1 is 1.36 bits per heavy atom. The highest BCUT2D eigenvalue weighted by Crippen LogP contribution is 2.30. The van der Waals surface area contributed by atoms with E-state index in [0.717, 1.165) is 22.0 Å². The normalized spacial score (nSPS) is 20.9. The molecule has 25 heavy (non-hydrogen) atoms. The number of urea groups is 1. The second-order valence-electron chi connectivity index (χ2n) is 6.14. The number of carbonyl (C=O) groups excluding carboxylic acids is 1. The molecule has 6 nitrogen and oxygen atoms in total. The van der Waals surface area contributed by atoms with Crippen molar-refractivity contribution >= 4 is 22.0 Å². The molecule has 2 amide bonds. The number of hydrogen-bond acceptors (Lipinski definition) is 4. The number of ether oxygens (including phenoxy) is 1. The fraction of sp³-hybridized carbons (Fsp3) is 0.389. The van der Waals surface area contributed by atoms with Crippen LogP contribution in [-0.2, 0) is 4.74 Å². The molecular formula is C18H21BrN4O2. The number of pyridine rings is 2. The maximum Gasteiger partial charge on any atom is 0.317 e. The third-order valence-corrected chi connectivity index (χ3v) is 4.98. The Morgan fingerprint density at radius 2 is 2.12 bits per heavy atom. The summed E-state index contributed by atoms with van der Waals surface area (Å²) in [5, 5.41) is 3.10.